The Morgan fingerprint density at radius 3 is 1.50 bits per heavy atom. The largest absolute Gasteiger partial charge is 0.480 e. The number of hydrogen-bond donors (Lipinski definition) is 2. The van der Waals surface area contributed by atoms with Crippen LogP contribution in [0, 0.1) is 0 Å². The third kappa shape index (κ3) is 38.2. The lowest BCUT2D eigenvalue weighted by molar-refractivity contribution is -0.150. The van der Waals surface area contributed by atoms with Gasteiger partial charge in [-0.05, 0) is 77.0 Å². The first-order valence-corrected chi connectivity index (χ1v) is 20.8. The minimum atomic E-state index is -1.02. The van der Waals surface area contributed by atoms with Gasteiger partial charge in [0.1, 0.15) is 12.6 Å². The molecule has 0 aliphatic carbocycles. The topological polar surface area (TPSA) is 92.7 Å². The molecule has 0 radical (unpaired) electrons. The standard InChI is InChI=1S/C44H77NO5/c1-3-5-7-9-11-13-14-15-16-17-18-19-20-21-22-24-26-31-35-39-44(49)50-41(36-32-28-25-23-12-10-8-6-4-2)37-33-29-27-30-34-38-42(46)45-40-43(47)48/h5,7,11,13,15-16,18-19,41H,3-4,6,8-10,12,14,17,20-40H2,1-2H3,(H,45,46)(H,47,48)/b7-5-,13-11-,16-15-,19-18-. The highest BCUT2D eigenvalue weighted by Crippen LogP contribution is 2.19. The van der Waals surface area contributed by atoms with E-state index in [1.54, 1.807) is 0 Å². The second-order valence-electron chi connectivity index (χ2n) is 13.9. The van der Waals surface area contributed by atoms with Crippen molar-refractivity contribution in [2.24, 2.45) is 0 Å². The molecule has 0 aromatic rings. The molecule has 0 saturated carbocycles. The van der Waals surface area contributed by atoms with Crippen LogP contribution in [-0.4, -0.2) is 35.6 Å². The fourth-order valence-corrected chi connectivity index (χ4v) is 5.98. The Labute approximate surface area is 308 Å². The van der Waals surface area contributed by atoms with Crippen molar-refractivity contribution in [3.05, 3.63) is 48.6 Å². The maximum atomic E-state index is 12.7. The first-order chi connectivity index (χ1) is 24.5. The van der Waals surface area contributed by atoms with E-state index in [0.29, 0.717) is 12.8 Å². The number of carboxylic acid groups (broad SMARTS) is 1. The molecular weight excluding hydrogens is 622 g/mol. The molecule has 0 aromatic heterocycles. The Kier molecular flexibility index (Phi) is 37.1. The van der Waals surface area contributed by atoms with E-state index in [9.17, 15) is 14.4 Å². The number of unbranched alkanes of at least 4 members (excludes halogenated alkanes) is 18. The highest BCUT2D eigenvalue weighted by atomic mass is 16.5. The van der Waals surface area contributed by atoms with E-state index in [0.717, 1.165) is 96.3 Å². The van der Waals surface area contributed by atoms with Crippen LogP contribution in [0.2, 0.25) is 0 Å². The maximum absolute atomic E-state index is 12.7. The van der Waals surface area contributed by atoms with Crippen molar-refractivity contribution >= 4 is 17.8 Å². The Balaban J connectivity index is 4.11. The number of carboxylic acids is 1. The molecule has 1 unspecified atom stereocenters. The molecule has 0 rings (SSSR count). The minimum Gasteiger partial charge on any atom is -0.480 e. The molecule has 0 heterocycles. The van der Waals surface area contributed by atoms with Gasteiger partial charge in [0.2, 0.25) is 5.91 Å². The van der Waals surface area contributed by atoms with Gasteiger partial charge in [-0.3, -0.25) is 14.4 Å². The van der Waals surface area contributed by atoms with Crippen LogP contribution in [0.3, 0.4) is 0 Å². The van der Waals surface area contributed by atoms with Gasteiger partial charge in [0.05, 0.1) is 0 Å². The van der Waals surface area contributed by atoms with Gasteiger partial charge < -0.3 is 15.2 Å². The predicted molar refractivity (Wildman–Crippen MR) is 212 cm³/mol. The quantitative estimate of drug-likeness (QED) is 0.0382. The van der Waals surface area contributed by atoms with Crippen LogP contribution in [0.4, 0.5) is 0 Å². The highest BCUT2D eigenvalue weighted by Gasteiger charge is 2.14. The molecule has 0 aliphatic heterocycles. The van der Waals surface area contributed by atoms with Gasteiger partial charge in [-0.1, -0.05) is 159 Å². The molecule has 0 aliphatic rings. The van der Waals surface area contributed by atoms with Crippen LogP contribution in [-0.2, 0) is 19.1 Å². The lowest BCUT2D eigenvalue weighted by Gasteiger charge is -2.18. The highest BCUT2D eigenvalue weighted by molar-refractivity contribution is 5.80. The SMILES string of the molecule is CC/C=C\C/C=C\C/C=C\C/C=C\CCCCCCCCC(=O)OC(CCCCCCCCCCC)CCCCCCCC(=O)NCC(=O)O. The second kappa shape index (κ2) is 39.2. The van der Waals surface area contributed by atoms with Gasteiger partial charge in [0.15, 0.2) is 0 Å². The van der Waals surface area contributed by atoms with Crippen molar-refractivity contribution in [2.45, 2.75) is 206 Å². The van der Waals surface area contributed by atoms with Crippen LogP contribution in [0.1, 0.15) is 200 Å². The van der Waals surface area contributed by atoms with Crippen molar-refractivity contribution in [3.63, 3.8) is 0 Å². The van der Waals surface area contributed by atoms with E-state index in [2.05, 4.69) is 67.8 Å². The number of ether oxygens (including phenoxy) is 1. The van der Waals surface area contributed by atoms with Crippen LogP contribution in [0.25, 0.3) is 0 Å². The van der Waals surface area contributed by atoms with E-state index in [1.807, 2.05) is 0 Å². The van der Waals surface area contributed by atoms with Crippen molar-refractivity contribution in [3.8, 4) is 0 Å². The molecular formula is C44H77NO5. The third-order valence-electron chi connectivity index (χ3n) is 9.02. The predicted octanol–water partition coefficient (Wildman–Crippen LogP) is 12.7. The smallest absolute Gasteiger partial charge is 0.322 e. The summed E-state index contributed by atoms with van der Waals surface area (Å²) in [6.45, 7) is 4.10. The number of carbonyl (C=O) groups excluding carboxylic acids is 2. The molecule has 1 atom stereocenters. The molecule has 0 spiro atoms. The Morgan fingerprint density at radius 2 is 0.980 bits per heavy atom. The summed E-state index contributed by atoms with van der Waals surface area (Å²) in [7, 11) is 0. The zero-order valence-corrected chi connectivity index (χ0v) is 32.5. The normalized spacial score (nSPS) is 12.5. The maximum Gasteiger partial charge on any atom is 0.322 e. The zero-order chi connectivity index (χ0) is 36.6. The first kappa shape index (κ1) is 47.4. The molecule has 2 N–H and O–H groups in total. The van der Waals surface area contributed by atoms with Gasteiger partial charge in [-0.25, -0.2) is 0 Å². The lowest BCUT2D eigenvalue weighted by atomic mass is 10.0. The van der Waals surface area contributed by atoms with Crippen LogP contribution in [0.5, 0.6) is 0 Å². The summed E-state index contributed by atoms with van der Waals surface area (Å²) in [5.41, 5.74) is 0. The summed E-state index contributed by atoms with van der Waals surface area (Å²) in [5.74, 6) is -1.24. The number of amides is 1. The Hall–Kier alpha value is -2.63. The molecule has 6 nitrogen and oxygen atoms in total. The van der Waals surface area contributed by atoms with Crippen molar-refractivity contribution in [1.82, 2.24) is 5.32 Å². The fourth-order valence-electron chi connectivity index (χ4n) is 5.98. The van der Waals surface area contributed by atoms with E-state index >= 15 is 0 Å². The lowest BCUT2D eigenvalue weighted by Crippen LogP contribution is -2.28. The minimum absolute atomic E-state index is 0.0206. The number of allylic oxidation sites excluding steroid dienone is 8. The molecule has 50 heavy (non-hydrogen) atoms. The monoisotopic (exact) mass is 700 g/mol. The molecule has 288 valence electrons. The van der Waals surface area contributed by atoms with Crippen LogP contribution >= 0.6 is 0 Å². The number of esters is 1. The summed E-state index contributed by atoms with van der Waals surface area (Å²) in [4.78, 5) is 34.9. The average Bonchev–Trinajstić information content (AvgIpc) is 3.10. The van der Waals surface area contributed by atoms with Gasteiger partial charge in [-0.2, -0.15) is 0 Å². The Morgan fingerprint density at radius 1 is 0.540 bits per heavy atom. The molecule has 0 bridgehead atoms. The average molecular weight is 700 g/mol. The van der Waals surface area contributed by atoms with E-state index in [-0.39, 0.29) is 24.5 Å². The van der Waals surface area contributed by atoms with Gasteiger partial charge >= 0.3 is 11.9 Å². The summed E-state index contributed by atoms with van der Waals surface area (Å²) in [6.07, 6.45) is 49.4. The van der Waals surface area contributed by atoms with E-state index in [4.69, 9.17) is 9.84 Å². The van der Waals surface area contributed by atoms with E-state index in [1.165, 1.54) is 77.0 Å². The molecule has 0 fully saturated rings. The number of hydrogen-bond acceptors (Lipinski definition) is 4. The van der Waals surface area contributed by atoms with Crippen molar-refractivity contribution in [2.75, 3.05) is 6.54 Å². The van der Waals surface area contributed by atoms with Gasteiger partial charge in [-0.15, -0.1) is 0 Å². The van der Waals surface area contributed by atoms with Crippen LogP contribution < -0.4 is 5.32 Å². The second-order valence-corrected chi connectivity index (χ2v) is 13.9. The Bertz CT molecular complexity index is 906. The summed E-state index contributed by atoms with van der Waals surface area (Å²) in [6, 6.07) is 0. The molecule has 6 heteroatoms. The van der Waals surface area contributed by atoms with Crippen molar-refractivity contribution < 1.29 is 24.2 Å². The number of rotatable bonds is 37. The number of aliphatic carboxylic acids is 1. The van der Waals surface area contributed by atoms with Gasteiger partial charge in [0, 0.05) is 12.8 Å². The number of carbonyl (C=O) groups is 3. The fraction of sp³-hybridized carbons (Fsp3) is 0.750. The summed E-state index contributed by atoms with van der Waals surface area (Å²) in [5, 5.41) is 11.1. The third-order valence-corrected chi connectivity index (χ3v) is 9.02. The van der Waals surface area contributed by atoms with Crippen LogP contribution in [0.15, 0.2) is 48.6 Å². The molecule has 0 aromatic carbocycles. The molecule has 0 saturated heterocycles. The summed E-state index contributed by atoms with van der Waals surface area (Å²) < 4.78 is 6.01. The first-order valence-electron chi connectivity index (χ1n) is 20.8. The van der Waals surface area contributed by atoms with Gasteiger partial charge in [0.25, 0.3) is 0 Å². The zero-order valence-electron chi connectivity index (χ0n) is 32.5. The number of nitrogens with one attached hydrogen (secondary N) is 1. The van der Waals surface area contributed by atoms with E-state index < -0.39 is 5.97 Å². The molecule has 1 amide bonds. The van der Waals surface area contributed by atoms with Crippen molar-refractivity contribution in [1.29, 1.82) is 0 Å². The summed E-state index contributed by atoms with van der Waals surface area (Å²) >= 11 is 0.